The highest BCUT2D eigenvalue weighted by Crippen LogP contribution is 2.31. The summed E-state index contributed by atoms with van der Waals surface area (Å²) >= 11 is 6.10. The van der Waals surface area contributed by atoms with Crippen LogP contribution in [0.25, 0.3) is 11.4 Å². The summed E-state index contributed by atoms with van der Waals surface area (Å²) in [5.74, 6) is 0. The molecule has 4 nitrogen and oxygen atoms in total. The van der Waals surface area contributed by atoms with Crippen molar-refractivity contribution in [3.8, 4) is 11.4 Å². The van der Waals surface area contributed by atoms with Crippen LogP contribution in [0.1, 0.15) is 11.3 Å². The van der Waals surface area contributed by atoms with Gasteiger partial charge in [0.25, 0.3) is 0 Å². The van der Waals surface area contributed by atoms with Gasteiger partial charge < -0.3 is 5.32 Å². The number of rotatable bonds is 4. The van der Waals surface area contributed by atoms with Crippen molar-refractivity contribution in [2.45, 2.75) is 12.7 Å². The normalized spacial score (nSPS) is 11.6. The molecule has 0 atom stereocenters. The summed E-state index contributed by atoms with van der Waals surface area (Å²) in [6.07, 6.45) is -2.92. The molecule has 2 aromatic heterocycles. The fourth-order valence-corrected chi connectivity index (χ4v) is 2.54. The van der Waals surface area contributed by atoms with E-state index in [9.17, 15) is 13.2 Å². The second-order valence-electron chi connectivity index (χ2n) is 5.41. The third-order valence-corrected chi connectivity index (χ3v) is 4.01. The standard InChI is InChI=1S/C17H14ClF3N4/c1-25-15(8-16(24-25)17(19,20)21)14-7-6-12(10-23-14)22-9-11-4-2-3-5-13(11)18/h2-8,10,22H,9H2,1H3. The van der Waals surface area contributed by atoms with E-state index in [0.717, 1.165) is 17.3 Å². The number of anilines is 1. The predicted molar refractivity (Wildman–Crippen MR) is 90.2 cm³/mol. The van der Waals surface area contributed by atoms with Gasteiger partial charge in [-0.15, -0.1) is 0 Å². The first kappa shape index (κ1) is 17.3. The first-order valence-electron chi connectivity index (χ1n) is 7.39. The number of hydrogen-bond donors (Lipinski definition) is 1. The number of aromatic nitrogens is 3. The van der Waals surface area contributed by atoms with E-state index in [-0.39, 0.29) is 0 Å². The third kappa shape index (κ3) is 3.93. The van der Waals surface area contributed by atoms with Crippen LogP contribution in [0.2, 0.25) is 5.02 Å². The van der Waals surface area contributed by atoms with Gasteiger partial charge in [0.15, 0.2) is 5.69 Å². The van der Waals surface area contributed by atoms with Gasteiger partial charge in [0.05, 0.1) is 23.3 Å². The lowest BCUT2D eigenvalue weighted by Gasteiger charge is -2.08. The van der Waals surface area contributed by atoms with E-state index in [0.29, 0.717) is 23.0 Å². The lowest BCUT2D eigenvalue weighted by molar-refractivity contribution is -0.141. The number of hydrogen-bond acceptors (Lipinski definition) is 3. The minimum atomic E-state index is -4.48. The molecular formula is C17H14ClF3N4. The number of pyridine rings is 1. The first-order valence-corrected chi connectivity index (χ1v) is 7.77. The molecule has 25 heavy (non-hydrogen) atoms. The minimum absolute atomic E-state index is 0.296. The molecule has 2 heterocycles. The fourth-order valence-electron chi connectivity index (χ4n) is 2.33. The van der Waals surface area contributed by atoms with Crippen LogP contribution in [0.5, 0.6) is 0 Å². The number of nitrogens with one attached hydrogen (secondary N) is 1. The van der Waals surface area contributed by atoms with Crippen LogP contribution in [0.3, 0.4) is 0 Å². The van der Waals surface area contributed by atoms with Crippen molar-refractivity contribution in [2.24, 2.45) is 7.05 Å². The highest BCUT2D eigenvalue weighted by Gasteiger charge is 2.34. The highest BCUT2D eigenvalue weighted by molar-refractivity contribution is 6.31. The Labute approximate surface area is 147 Å². The summed E-state index contributed by atoms with van der Waals surface area (Å²) < 4.78 is 39.4. The van der Waals surface area contributed by atoms with Gasteiger partial charge in [-0.25, -0.2) is 0 Å². The van der Waals surface area contributed by atoms with E-state index < -0.39 is 11.9 Å². The van der Waals surface area contributed by atoms with Crippen LogP contribution in [0.4, 0.5) is 18.9 Å². The van der Waals surface area contributed by atoms with Gasteiger partial charge in [-0.05, 0) is 29.8 Å². The summed E-state index contributed by atoms with van der Waals surface area (Å²) in [5, 5.41) is 7.32. The molecular weight excluding hydrogens is 353 g/mol. The zero-order chi connectivity index (χ0) is 18.0. The molecule has 0 aliphatic carbocycles. The number of nitrogens with zero attached hydrogens (tertiary/aromatic N) is 3. The molecule has 0 radical (unpaired) electrons. The van der Waals surface area contributed by atoms with Crippen molar-refractivity contribution in [1.29, 1.82) is 0 Å². The van der Waals surface area contributed by atoms with Crippen molar-refractivity contribution in [1.82, 2.24) is 14.8 Å². The monoisotopic (exact) mass is 366 g/mol. The van der Waals surface area contributed by atoms with Crippen molar-refractivity contribution in [3.05, 3.63) is 64.9 Å². The summed E-state index contributed by atoms with van der Waals surface area (Å²) in [5.41, 5.74) is 1.45. The van der Waals surface area contributed by atoms with Gasteiger partial charge in [-0.2, -0.15) is 18.3 Å². The van der Waals surface area contributed by atoms with Crippen LogP contribution in [0, 0.1) is 0 Å². The minimum Gasteiger partial charge on any atom is -0.380 e. The quantitative estimate of drug-likeness (QED) is 0.723. The van der Waals surface area contributed by atoms with Crippen LogP contribution < -0.4 is 5.32 Å². The molecule has 0 bridgehead atoms. The van der Waals surface area contributed by atoms with E-state index in [1.807, 2.05) is 18.2 Å². The average Bonchev–Trinajstić information content (AvgIpc) is 2.97. The maximum absolute atomic E-state index is 12.7. The molecule has 0 unspecified atom stereocenters. The van der Waals surface area contributed by atoms with Gasteiger partial charge in [-0.3, -0.25) is 9.67 Å². The Kier molecular flexibility index (Phi) is 4.67. The third-order valence-electron chi connectivity index (χ3n) is 3.64. The molecule has 1 N–H and O–H groups in total. The summed E-state index contributed by atoms with van der Waals surface area (Å²) in [7, 11) is 1.45. The van der Waals surface area contributed by atoms with E-state index in [2.05, 4.69) is 15.4 Å². The van der Waals surface area contributed by atoms with Crippen molar-refractivity contribution in [3.63, 3.8) is 0 Å². The van der Waals surface area contributed by atoms with Gasteiger partial charge in [-0.1, -0.05) is 29.8 Å². The molecule has 3 aromatic rings. The van der Waals surface area contributed by atoms with Crippen LogP contribution >= 0.6 is 11.6 Å². The topological polar surface area (TPSA) is 42.7 Å². The van der Waals surface area contributed by atoms with E-state index in [1.165, 1.54) is 11.7 Å². The van der Waals surface area contributed by atoms with E-state index in [1.54, 1.807) is 24.4 Å². The van der Waals surface area contributed by atoms with E-state index >= 15 is 0 Å². The summed E-state index contributed by atoms with van der Waals surface area (Å²) in [4.78, 5) is 4.22. The Hall–Kier alpha value is -2.54. The Bertz CT molecular complexity index is 872. The van der Waals surface area contributed by atoms with Gasteiger partial charge >= 0.3 is 6.18 Å². The van der Waals surface area contributed by atoms with Crippen molar-refractivity contribution in [2.75, 3.05) is 5.32 Å². The SMILES string of the molecule is Cn1nc(C(F)(F)F)cc1-c1ccc(NCc2ccccc2Cl)cn1. The highest BCUT2D eigenvalue weighted by atomic mass is 35.5. The Morgan fingerprint density at radius 3 is 2.52 bits per heavy atom. The van der Waals surface area contributed by atoms with Crippen molar-refractivity contribution >= 4 is 17.3 Å². The van der Waals surface area contributed by atoms with Crippen LogP contribution in [-0.4, -0.2) is 14.8 Å². The zero-order valence-electron chi connectivity index (χ0n) is 13.2. The molecule has 0 aliphatic rings. The first-order chi connectivity index (χ1) is 11.8. The smallest absolute Gasteiger partial charge is 0.380 e. The Morgan fingerprint density at radius 2 is 1.92 bits per heavy atom. The second kappa shape index (κ2) is 6.76. The molecule has 3 rings (SSSR count). The Balaban J connectivity index is 1.75. The van der Waals surface area contributed by atoms with Crippen LogP contribution in [0.15, 0.2) is 48.7 Å². The average molecular weight is 367 g/mol. The summed E-state index contributed by atoms with van der Waals surface area (Å²) in [6, 6.07) is 11.8. The molecule has 130 valence electrons. The Morgan fingerprint density at radius 1 is 1.16 bits per heavy atom. The zero-order valence-corrected chi connectivity index (χ0v) is 13.9. The second-order valence-corrected chi connectivity index (χ2v) is 5.82. The fraction of sp³-hybridized carbons (Fsp3) is 0.176. The van der Waals surface area contributed by atoms with E-state index in [4.69, 9.17) is 11.6 Å². The number of aryl methyl sites for hydroxylation is 1. The number of benzene rings is 1. The summed E-state index contributed by atoms with van der Waals surface area (Å²) in [6.45, 7) is 0.518. The lowest BCUT2D eigenvalue weighted by atomic mass is 10.2. The maximum Gasteiger partial charge on any atom is 0.435 e. The largest absolute Gasteiger partial charge is 0.435 e. The van der Waals surface area contributed by atoms with Crippen molar-refractivity contribution < 1.29 is 13.2 Å². The van der Waals surface area contributed by atoms with Crippen LogP contribution in [-0.2, 0) is 19.8 Å². The molecule has 8 heteroatoms. The van der Waals surface area contributed by atoms with Gasteiger partial charge in [0, 0.05) is 18.6 Å². The number of halogens is 4. The molecule has 0 fully saturated rings. The molecule has 0 saturated carbocycles. The van der Waals surface area contributed by atoms with Gasteiger partial charge in [0.1, 0.15) is 0 Å². The predicted octanol–water partition coefficient (Wildman–Crippen LogP) is 4.77. The number of alkyl halides is 3. The molecule has 0 aliphatic heterocycles. The molecule has 0 saturated heterocycles. The lowest BCUT2D eigenvalue weighted by Crippen LogP contribution is -2.06. The molecule has 0 amide bonds. The maximum atomic E-state index is 12.7. The van der Waals surface area contributed by atoms with Gasteiger partial charge in [0.2, 0.25) is 0 Å². The molecule has 1 aromatic carbocycles. The molecule has 0 spiro atoms.